The summed E-state index contributed by atoms with van der Waals surface area (Å²) >= 11 is 0.778. The lowest BCUT2D eigenvalue weighted by molar-refractivity contribution is -0.218. The van der Waals surface area contributed by atoms with E-state index in [0.29, 0.717) is 5.56 Å². The van der Waals surface area contributed by atoms with E-state index in [1.807, 2.05) is 0 Å². The van der Waals surface area contributed by atoms with Gasteiger partial charge in [0.1, 0.15) is 0 Å². The van der Waals surface area contributed by atoms with Gasteiger partial charge in [0.15, 0.2) is 6.67 Å². The van der Waals surface area contributed by atoms with E-state index in [2.05, 4.69) is 0 Å². The van der Waals surface area contributed by atoms with Gasteiger partial charge in [0, 0.05) is 17.7 Å². The van der Waals surface area contributed by atoms with Crippen molar-refractivity contribution in [3.63, 3.8) is 0 Å². The summed E-state index contributed by atoms with van der Waals surface area (Å²) in [5, 5.41) is -0.314. The normalized spacial score (nSPS) is 12.4. The first-order chi connectivity index (χ1) is 9.30. The Morgan fingerprint density at radius 1 is 1.05 bits per heavy atom. The number of hydrogen-bond donors (Lipinski definition) is 0. The Morgan fingerprint density at radius 3 is 2.20 bits per heavy atom. The van der Waals surface area contributed by atoms with Crippen LogP contribution in [0.3, 0.4) is 0 Å². The highest BCUT2D eigenvalue weighted by atomic mass is 32.2. The smallest absolute Gasteiger partial charge is 0.282 e. The van der Waals surface area contributed by atoms with E-state index in [1.54, 1.807) is 30.3 Å². The molecule has 1 rings (SSSR count). The monoisotopic (exact) mass is 312 g/mol. The van der Waals surface area contributed by atoms with Gasteiger partial charge in [-0.2, -0.15) is 17.6 Å². The standard InChI is InChI=1S/C13H13F5OS/c14-9-13(17,18)12(15,16)7-4-8-20-11(19)10-5-2-1-3-6-10/h1-3,5-6H,4,7-9H2. The lowest BCUT2D eigenvalue weighted by Crippen LogP contribution is -2.42. The number of carbonyl (C=O) groups excluding carboxylic acids is 1. The van der Waals surface area contributed by atoms with Gasteiger partial charge in [0.2, 0.25) is 5.12 Å². The molecule has 0 fully saturated rings. The molecule has 1 aromatic rings. The van der Waals surface area contributed by atoms with Gasteiger partial charge in [-0.15, -0.1) is 0 Å². The van der Waals surface area contributed by atoms with Crippen molar-refractivity contribution in [3.05, 3.63) is 35.9 Å². The van der Waals surface area contributed by atoms with E-state index >= 15 is 0 Å². The first-order valence-corrected chi connectivity index (χ1v) is 6.82. The number of alkyl halides is 5. The molecule has 0 unspecified atom stereocenters. The van der Waals surface area contributed by atoms with Crippen LogP contribution < -0.4 is 0 Å². The Kier molecular flexibility index (Phi) is 5.98. The third kappa shape index (κ3) is 4.47. The Bertz CT molecular complexity index is 436. The average Bonchev–Trinajstić information content (AvgIpc) is 2.44. The summed E-state index contributed by atoms with van der Waals surface area (Å²) in [6, 6.07) is 8.18. The minimum atomic E-state index is -4.65. The zero-order valence-corrected chi connectivity index (χ0v) is 11.2. The van der Waals surface area contributed by atoms with Crippen molar-refractivity contribution in [2.45, 2.75) is 24.7 Å². The molecule has 0 aliphatic rings. The van der Waals surface area contributed by atoms with Crippen LogP contribution in [0.1, 0.15) is 23.2 Å². The third-order valence-corrected chi connectivity index (χ3v) is 3.57. The Labute approximate surface area is 117 Å². The molecule has 0 radical (unpaired) electrons. The molecule has 0 saturated heterocycles. The van der Waals surface area contributed by atoms with Crippen molar-refractivity contribution < 1.29 is 26.7 Å². The van der Waals surface area contributed by atoms with Gasteiger partial charge >= 0.3 is 11.8 Å². The molecule has 1 aromatic carbocycles. The fourth-order valence-corrected chi connectivity index (χ4v) is 2.17. The van der Waals surface area contributed by atoms with E-state index in [1.165, 1.54) is 0 Å². The van der Waals surface area contributed by atoms with Crippen molar-refractivity contribution >= 4 is 16.9 Å². The summed E-state index contributed by atoms with van der Waals surface area (Å²) in [6.45, 7) is -2.39. The fraction of sp³-hybridized carbons (Fsp3) is 0.462. The molecule has 112 valence electrons. The summed E-state index contributed by atoms with van der Waals surface area (Å²) in [4.78, 5) is 11.6. The van der Waals surface area contributed by atoms with Crippen molar-refractivity contribution in [3.8, 4) is 0 Å². The van der Waals surface area contributed by atoms with Crippen LogP contribution in [0.25, 0.3) is 0 Å². The molecule has 0 aliphatic carbocycles. The van der Waals surface area contributed by atoms with Gasteiger partial charge in [-0.25, -0.2) is 4.39 Å². The van der Waals surface area contributed by atoms with Crippen LogP contribution in [0.2, 0.25) is 0 Å². The third-order valence-electron chi connectivity index (χ3n) is 2.58. The van der Waals surface area contributed by atoms with E-state index in [-0.39, 0.29) is 17.3 Å². The highest BCUT2D eigenvalue weighted by Gasteiger charge is 2.55. The van der Waals surface area contributed by atoms with E-state index < -0.39 is 24.9 Å². The maximum atomic E-state index is 13.0. The molecular weight excluding hydrogens is 299 g/mol. The van der Waals surface area contributed by atoms with Crippen LogP contribution in [0.15, 0.2) is 30.3 Å². The van der Waals surface area contributed by atoms with E-state index in [9.17, 15) is 26.7 Å². The predicted molar refractivity (Wildman–Crippen MR) is 68.3 cm³/mol. The summed E-state index contributed by atoms with van der Waals surface area (Å²) in [6.07, 6.45) is -1.45. The number of halogens is 5. The SMILES string of the molecule is O=C(SCCCC(F)(F)C(F)(F)CF)c1ccccc1. The quantitative estimate of drug-likeness (QED) is 0.541. The van der Waals surface area contributed by atoms with Crippen molar-refractivity contribution in [2.75, 3.05) is 12.4 Å². The first kappa shape index (κ1) is 16.9. The highest BCUT2D eigenvalue weighted by Crippen LogP contribution is 2.38. The number of rotatable bonds is 7. The Hall–Kier alpha value is -1.11. The molecule has 0 aliphatic heterocycles. The van der Waals surface area contributed by atoms with Crippen LogP contribution in [-0.2, 0) is 0 Å². The highest BCUT2D eigenvalue weighted by molar-refractivity contribution is 8.14. The van der Waals surface area contributed by atoms with Crippen LogP contribution in [0, 0.1) is 0 Å². The van der Waals surface area contributed by atoms with Gasteiger partial charge in [-0.3, -0.25) is 4.79 Å². The zero-order chi connectivity index (χ0) is 15.2. The molecule has 0 spiro atoms. The lowest BCUT2D eigenvalue weighted by Gasteiger charge is -2.23. The molecule has 7 heteroatoms. The van der Waals surface area contributed by atoms with Crippen molar-refractivity contribution in [2.24, 2.45) is 0 Å². The lowest BCUT2D eigenvalue weighted by atomic mass is 10.1. The maximum Gasteiger partial charge on any atom is 0.337 e. The predicted octanol–water partition coefficient (Wildman–Crippen LogP) is 4.58. The maximum absolute atomic E-state index is 13.0. The number of thioether (sulfide) groups is 1. The summed E-state index contributed by atoms with van der Waals surface area (Å²) in [5.41, 5.74) is 0.415. The second kappa shape index (κ2) is 7.06. The van der Waals surface area contributed by atoms with Crippen LogP contribution in [0.4, 0.5) is 22.0 Å². The second-order valence-corrected chi connectivity index (χ2v) is 5.22. The molecule has 0 bridgehead atoms. The summed E-state index contributed by atoms with van der Waals surface area (Å²) < 4.78 is 62.9. The minimum Gasteiger partial charge on any atom is -0.282 e. The van der Waals surface area contributed by atoms with Gasteiger partial charge in [-0.05, 0) is 6.42 Å². The van der Waals surface area contributed by atoms with E-state index in [0.717, 1.165) is 11.8 Å². The minimum absolute atomic E-state index is 0.0221. The zero-order valence-electron chi connectivity index (χ0n) is 10.4. The van der Waals surface area contributed by atoms with Crippen LogP contribution >= 0.6 is 11.8 Å². The van der Waals surface area contributed by atoms with Crippen molar-refractivity contribution in [1.82, 2.24) is 0 Å². The summed E-state index contributed by atoms with van der Waals surface area (Å²) in [5.74, 6) is -9.06. The Morgan fingerprint density at radius 2 is 1.65 bits per heavy atom. The van der Waals surface area contributed by atoms with E-state index in [4.69, 9.17) is 0 Å². The number of carbonyl (C=O) groups is 1. The molecule has 0 N–H and O–H groups in total. The second-order valence-electron chi connectivity index (χ2n) is 4.15. The average molecular weight is 312 g/mol. The number of benzene rings is 1. The number of hydrogen-bond acceptors (Lipinski definition) is 2. The molecule has 0 heterocycles. The van der Waals surface area contributed by atoms with Crippen LogP contribution in [-0.4, -0.2) is 29.4 Å². The molecule has 1 nitrogen and oxygen atoms in total. The summed E-state index contributed by atoms with van der Waals surface area (Å²) in [7, 11) is 0. The largest absolute Gasteiger partial charge is 0.337 e. The van der Waals surface area contributed by atoms with Gasteiger partial charge in [0.25, 0.3) is 0 Å². The molecule has 20 heavy (non-hydrogen) atoms. The molecule has 0 atom stereocenters. The first-order valence-electron chi connectivity index (χ1n) is 5.84. The van der Waals surface area contributed by atoms with Gasteiger partial charge < -0.3 is 0 Å². The molecule has 0 saturated carbocycles. The topological polar surface area (TPSA) is 17.1 Å². The Balaban J connectivity index is 2.37. The van der Waals surface area contributed by atoms with Crippen LogP contribution in [0.5, 0.6) is 0 Å². The molecule has 0 aromatic heterocycles. The van der Waals surface area contributed by atoms with Gasteiger partial charge in [0.05, 0.1) is 0 Å². The fourth-order valence-electron chi connectivity index (χ4n) is 1.40. The van der Waals surface area contributed by atoms with Crippen molar-refractivity contribution in [1.29, 1.82) is 0 Å². The van der Waals surface area contributed by atoms with Gasteiger partial charge in [-0.1, -0.05) is 42.1 Å². The molecular formula is C13H13F5OS. The molecule has 0 amide bonds.